The number of ether oxygens (including phenoxy) is 1. The van der Waals surface area contributed by atoms with Crippen LogP contribution in [0.4, 0.5) is 5.69 Å². The van der Waals surface area contributed by atoms with Crippen LogP contribution >= 0.6 is 0 Å². The average Bonchev–Trinajstić information content (AvgIpc) is 2.19. The van der Waals surface area contributed by atoms with Gasteiger partial charge in [0.1, 0.15) is 5.70 Å². The summed E-state index contributed by atoms with van der Waals surface area (Å²) in [6.45, 7) is 5.70. The number of anilines is 1. The molecule has 14 heavy (non-hydrogen) atoms. The van der Waals surface area contributed by atoms with E-state index < -0.39 is 5.97 Å². The Morgan fingerprint density at radius 2 is 2.07 bits per heavy atom. The number of hydrogen-bond donors (Lipinski definition) is 1. The molecular formula is C11H13NO2. The highest BCUT2D eigenvalue weighted by atomic mass is 16.5. The van der Waals surface area contributed by atoms with Gasteiger partial charge in [-0.2, -0.15) is 0 Å². The number of esters is 1. The van der Waals surface area contributed by atoms with Crippen molar-refractivity contribution in [3.05, 3.63) is 42.6 Å². The Bertz CT molecular complexity index is 319. The van der Waals surface area contributed by atoms with Crippen LogP contribution in [0.15, 0.2) is 42.6 Å². The largest absolute Gasteiger partial charge is 0.461 e. The minimum Gasteiger partial charge on any atom is -0.461 e. The van der Waals surface area contributed by atoms with Crippen LogP contribution < -0.4 is 5.32 Å². The number of hydrogen-bond acceptors (Lipinski definition) is 3. The molecule has 0 aliphatic heterocycles. The fraction of sp³-hybridized carbons (Fsp3) is 0.182. The van der Waals surface area contributed by atoms with Gasteiger partial charge in [-0.05, 0) is 19.1 Å². The number of carbonyl (C=O) groups is 1. The van der Waals surface area contributed by atoms with Crippen molar-refractivity contribution in [2.75, 3.05) is 11.9 Å². The summed E-state index contributed by atoms with van der Waals surface area (Å²) in [6, 6.07) is 9.36. The molecule has 3 heteroatoms. The quantitative estimate of drug-likeness (QED) is 0.585. The minimum atomic E-state index is -0.420. The highest BCUT2D eigenvalue weighted by Gasteiger charge is 2.06. The minimum absolute atomic E-state index is 0.248. The van der Waals surface area contributed by atoms with Crippen molar-refractivity contribution in [1.82, 2.24) is 0 Å². The van der Waals surface area contributed by atoms with Crippen molar-refractivity contribution in [1.29, 1.82) is 0 Å². The molecule has 0 radical (unpaired) electrons. The van der Waals surface area contributed by atoms with Gasteiger partial charge in [0.25, 0.3) is 0 Å². The van der Waals surface area contributed by atoms with Crippen molar-refractivity contribution in [2.45, 2.75) is 6.92 Å². The number of rotatable bonds is 4. The van der Waals surface area contributed by atoms with Crippen molar-refractivity contribution in [3.63, 3.8) is 0 Å². The molecule has 1 rings (SSSR count). The molecular weight excluding hydrogens is 178 g/mol. The molecule has 1 N–H and O–H groups in total. The van der Waals surface area contributed by atoms with Crippen LogP contribution in [0.1, 0.15) is 6.92 Å². The van der Waals surface area contributed by atoms with Crippen LogP contribution in [0.5, 0.6) is 0 Å². The highest BCUT2D eigenvalue weighted by molar-refractivity contribution is 5.91. The third-order valence-electron chi connectivity index (χ3n) is 1.59. The van der Waals surface area contributed by atoms with Gasteiger partial charge in [0.15, 0.2) is 0 Å². The molecule has 0 aromatic heterocycles. The molecule has 0 heterocycles. The molecule has 0 bridgehead atoms. The smallest absolute Gasteiger partial charge is 0.354 e. The van der Waals surface area contributed by atoms with E-state index >= 15 is 0 Å². The van der Waals surface area contributed by atoms with E-state index in [1.165, 1.54) is 0 Å². The first-order valence-electron chi connectivity index (χ1n) is 4.42. The van der Waals surface area contributed by atoms with Gasteiger partial charge in [0.2, 0.25) is 0 Å². The van der Waals surface area contributed by atoms with Crippen LogP contribution in [-0.4, -0.2) is 12.6 Å². The lowest BCUT2D eigenvalue weighted by atomic mass is 10.3. The molecule has 3 nitrogen and oxygen atoms in total. The zero-order valence-electron chi connectivity index (χ0n) is 8.12. The maximum absolute atomic E-state index is 11.2. The average molecular weight is 191 g/mol. The summed E-state index contributed by atoms with van der Waals surface area (Å²) in [6.07, 6.45) is 0. The number of carbonyl (C=O) groups excluding carboxylic acids is 1. The van der Waals surface area contributed by atoms with Gasteiger partial charge < -0.3 is 10.1 Å². The summed E-state index contributed by atoms with van der Waals surface area (Å²) in [5.41, 5.74) is 1.07. The zero-order chi connectivity index (χ0) is 10.4. The Kier molecular flexibility index (Phi) is 3.73. The molecule has 0 fully saturated rings. The Morgan fingerprint density at radius 3 is 2.64 bits per heavy atom. The van der Waals surface area contributed by atoms with Gasteiger partial charge in [-0.1, -0.05) is 24.8 Å². The van der Waals surface area contributed by atoms with Crippen molar-refractivity contribution in [3.8, 4) is 0 Å². The highest BCUT2D eigenvalue weighted by Crippen LogP contribution is 2.08. The third kappa shape index (κ3) is 2.94. The predicted molar refractivity (Wildman–Crippen MR) is 55.8 cm³/mol. The van der Waals surface area contributed by atoms with Crippen molar-refractivity contribution in [2.24, 2.45) is 0 Å². The molecule has 0 atom stereocenters. The number of para-hydroxylation sites is 1. The molecule has 74 valence electrons. The Labute approximate surface area is 83.4 Å². The van der Waals surface area contributed by atoms with Crippen LogP contribution in [0.25, 0.3) is 0 Å². The second-order valence-electron chi connectivity index (χ2n) is 2.69. The summed E-state index contributed by atoms with van der Waals surface area (Å²) < 4.78 is 4.77. The Balaban J connectivity index is 2.53. The van der Waals surface area contributed by atoms with Crippen LogP contribution in [0.2, 0.25) is 0 Å². The summed E-state index contributed by atoms with van der Waals surface area (Å²) in [7, 11) is 0. The van der Waals surface area contributed by atoms with E-state index in [9.17, 15) is 4.79 Å². The molecule has 0 aliphatic rings. The maximum atomic E-state index is 11.2. The maximum Gasteiger partial charge on any atom is 0.354 e. The predicted octanol–water partition coefficient (Wildman–Crippen LogP) is 2.18. The monoisotopic (exact) mass is 191 g/mol. The molecule has 0 saturated heterocycles. The first-order chi connectivity index (χ1) is 6.74. The molecule has 1 aromatic rings. The van der Waals surface area contributed by atoms with Gasteiger partial charge in [0.05, 0.1) is 6.61 Å². The van der Waals surface area contributed by atoms with E-state index in [1.54, 1.807) is 6.92 Å². The molecule has 0 amide bonds. The van der Waals surface area contributed by atoms with Gasteiger partial charge >= 0.3 is 5.97 Å². The van der Waals surface area contributed by atoms with E-state index in [0.717, 1.165) is 5.69 Å². The normalized spacial score (nSPS) is 9.21. The van der Waals surface area contributed by atoms with E-state index in [2.05, 4.69) is 11.9 Å². The van der Waals surface area contributed by atoms with Crippen LogP contribution in [0, 0.1) is 0 Å². The molecule has 1 aromatic carbocycles. The number of nitrogens with one attached hydrogen (secondary N) is 1. The topological polar surface area (TPSA) is 38.3 Å². The fourth-order valence-electron chi connectivity index (χ4n) is 0.965. The van der Waals surface area contributed by atoms with Gasteiger partial charge in [0, 0.05) is 5.69 Å². The van der Waals surface area contributed by atoms with Gasteiger partial charge in [-0.3, -0.25) is 0 Å². The van der Waals surface area contributed by atoms with Crippen molar-refractivity contribution >= 4 is 11.7 Å². The molecule has 0 unspecified atom stereocenters. The van der Waals surface area contributed by atoms with Gasteiger partial charge in [-0.15, -0.1) is 0 Å². The zero-order valence-corrected chi connectivity index (χ0v) is 8.12. The van der Waals surface area contributed by atoms with Crippen LogP contribution in [-0.2, 0) is 9.53 Å². The molecule has 0 spiro atoms. The summed E-state index contributed by atoms with van der Waals surface area (Å²) in [5.74, 6) is -0.420. The van der Waals surface area contributed by atoms with E-state index in [0.29, 0.717) is 6.61 Å². The second-order valence-corrected chi connectivity index (χ2v) is 2.69. The second kappa shape index (κ2) is 5.07. The fourth-order valence-corrected chi connectivity index (χ4v) is 0.965. The summed E-state index contributed by atoms with van der Waals surface area (Å²) >= 11 is 0. The van der Waals surface area contributed by atoms with Crippen molar-refractivity contribution < 1.29 is 9.53 Å². The third-order valence-corrected chi connectivity index (χ3v) is 1.59. The summed E-state index contributed by atoms with van der Waals surface area (Å²) in [5, 5.41) is 2.86. The first-order valence-corrected chi connectivity index (χ1v) is 4.42. The van der Waals surface area contributed by atoms with Gasteiger partial charge in [-0.25, -0.2) is 4.79 Å². The molecule has 0 saturated carbocycles. The first kappa shape index (κ1) is 10.3. The Hall–Kier alpha value is -1.77. The lowest BCUT2D eigenvalue weighted by Gasteiger charge is -2.07. The SMILES string of the molecule is C=C(Nc1ccccc1)C(=O)OCC. The molecule has 0 aliphatic carbocycles. The standard InChI is InChI=1S/C11H13NO2/c1-3-14-11(13)9(2)12-10-7-5-4-6-8-10/h4-8,12H,2-3H2,1H3. The Morgan fingerprint density at radius 1 is 1.43 bits per heavy atom. The number of benzene rings is 1. The van der Waals surface area contributed by atoms with E-state index in [1.807, 2.05) is 30.3 Å². The summed E-state index contributed by atoms with van der Waals surface area (Å²) in [4.78, 5) is 11.2. The lowest BCUT2D eigenvalue weighted by Crippen LogP contribution is -2.13. The van der Waals surface area contributed by atoms with Crippen LogP contribution in [0.3, 0.4) is 0 Å². The van der Waals surface area contributed by atoms with E-state index in [4.69, 9.17) is 4.74 Å². The van der Waals surface area contributed by atoms with E-state index in [-0.39, 0.29) is 5.70 Å². The lowest BCUT2D eigenvalue weighted by molar-refractivity contribution is -0.138.